The maximum atomic E-state index is 11.2. The number of fused-ring (bicyclic) bond motifs is 1. The smallest absolute Gasteiger partial charge is 0.312 e. The first-order valence-electron chi connectivity index (χ1n) is 6.47. The topological polar surface area (TPSA) is 85.3 Å². The third-order valence-electron chi connectivity index (χ3n) is 3.62. The van der Waals surface area contributed by atoms with Gasteiger partial charge in [-0.1, -0.05) is 12.1 Å². The quantitative estimate of drug-likeness (QED) is 0.512. The van der Waals surface area contributed by atoms with E-state index >= 15 is 0 Å². The molecule has 1 aromatic heterocycles. The van der Waals surface area contributed by atoms with Crippen LogP contribution in [0.25, 0.3) is 0 Å². The molecule has 0 atom stereocenters. The van der Waals surface area contributed by atoms with Crippen molar-refractivity contribution in [3.63, 3.8) is 0 Å². The second-order valence-corrected chi connectivity index (χ2v) is 5.83. The Morgan fingerprint density at radius 2 is 2.24 bits per heavy atom. The van der Waals surface area contributed by atoms with Gasteiger partial charge in [0, 0.05) is 35.5 Å². The summed E-state index contributed by atoms with van der Waals surface area (Å²) >= 11 is 3.22. The van der Waals surface area contributed by atoms with E-state index in [-0.39, 0.29) is 5.69 Å². The number of halogens is 1. The Hall–Kier alpha value is -2.15. The van der Waals surface area contributed by atoms with Gasteiger partial charge in [-0.25, -0.2) is 4.98 Å². The third-order valence-corrected chi connectivity index (χ3v) is 4.05. The molecule has 1 aromatic carbocycles. The Balaban J connectivity index is 2.00. The maximum Gasteiger partial charge on any atom is 0.312 e. The van der Waals surface area contributed by atoms with Crippen molar-refractivity contribution in [2.75, 3.05) is 17.2 Å². The number of nitrogens with zero attached hydrogens (tertiary/aromatic N) is 3. The van der Waals surface area contributed by atoms with Gasteiger partial charge in [0.25, 0.3) is 0 Å². The van der Waals surface area contributed by atoms with Crippen molar-refractivity contribution in [1.82, 2.24) is 4.98 Å². The Morgan fingerprint density at radius 1 is 1.43 bits per heavy atom. The van der Waals surface area contributed by atoms with Crippen molar-refractivity contribution in [2.24, 2.45) is 0 Å². The van der Waals surface area contributed by atoms with Gasteiger partial charge in [-0.05, 0) is 39.5 Å². The highest BCUT2D eigenvalue weighted by Crippen LogP contribution is 2.33. The number of benzene rings is 1. The summed E-state index contributed by atoms with van der Waals surface area (Å²) in [6.45, 7) is 1.23. The van der Waals surface area contributed by atoms with Gasteiger partial charge in [0.2, 0.25) is 5.82 Å². The zero-order valence-electron chi connectivity index (χ0n) is 11.1. The normalized spacial score (nSPS) is 13.9. The zero-order valence-corrected chi connectivity index (χ0v) is 12.7. The highest BCUT2D eigenvalue weighted by atomic mass is 79.9. The summed E-state index contributed by atoms with van der Waals surface area (Å²) in [5, 5.41) is 11.2. The molecule has 0 bridgehead atoms. The van der Waals surface area contributed by atoms with E-state index in [1.165, 1.54) is 11.6 Å². The lowest BCUT2D eigenvalue weighted by Gasteiger charge is -2.30. The number of nitrogen functional groups attached to an aromatic ring is 1. The summed E-state index contributed by atoms with van der Waals surface area (Å²) in [7, 11) is 0. The highest BCUT2D eigenvalue weighted by Gasteiger charge is 2.25. The van der Waals surface area contributed by atoms with E-state index in [2.05, 4.69) is 20.9 Å². The average molecular weight is 349 g/mol. The van der Waals surface area contributed by atoms with Gasteiger partial charge in [-0.2, -0.15) is 0 Å². The Bertz CT molecular complexity index is 720. The van der Waals surface area contributed by atoms with E-state index in [1.807, 2.05) is 23.1 Å². The van der Waals surface area contributed by atoms with Crippen LogP contribution in [0.15, 0.2) is 34.9 Å². The standard InChI is InChI=1S/C14H13BrN4O2/c15-10-6-13(19(20)21)14(17-7-10)18-5-4-9-2-1-3-12(16)11(9)8-18/h1-3,6-7H,4-5,8,16H2. The van der Waals surface area contributed by atoms with Gasteiger partial charge in [-0.3, -0.25) is 10.1 Å². The van der Waals surface area contributed by atoms with Crippen LogP contribution in [0, 0.1) is 10.1 Å². The van der Waals surface area contributed by atoms with Crippen molar-refractivity contribution in [2.45, 2.75) is 13.0 Å². The van der Waals surface area contributed by atoms with Crippen LogP contribution in [0.4, 0.5) is 17.2 Å². The van der Waals surface area contributed by atoms with Gasteiger partial charge in [0.15, 0.2) is 0 Å². The first-order valence-corrected chi connectivity index (χ1v) is 7.26. The molecule has 108 valence electrons. The van der Waals surface area contributed by atoms with Crippen LogP contribution in [0.3, 0.4) is 0 Å². The van der Waals surface area contributed by atoms with Gasteiger partial charge >= 0.3 is 5.69 Å². The Kier molecular flexibility index (Phi) is 3.50. The Labute approximate surface area is 129 Å². The Morgan fingerprint density at radius 3 is 3.00 bits per heavy atom. The predicted octanol–water partition coefficient (Wildman–Crippen LogP) is 2.90. The van der Waals surface area contributed by atoms with E-state index in [4.69, 9.17) is 5.73 Å². The van der Waals surface area contributed by atoms with Crippen LogP contribution in [-0.2, 0) is 13.0 Å². The van der Waals surface area contributed by atoms with Gasteiger partial charge in [0.05, 0.1) is 4.92 Å². The molecule has 0 fully saturated rings. The van der Waals surface area contributed by atoms with Crippen LogP contribution >= 0.6 is 15.9 Å². The summed E-state index contributed by atoms with van der Waals surface area (Å²) in [5.74, 6) is 0.386. The van der Waals surface area contributed by atoms with Crippen LogP contribution < -0.4 is 10.6 Å². The summed E-state index contributed by atoms with van der Waals surface area (Å²) in [5.41, 5.74) is 8.97. The van der Waals surface area contributed by atoms with Crippen molar-refractivity contribution in [3.05, 3.63) is 56.2 Å². The molecule has 2 N–H and O–H groups in total. The van der Waals surface area contributed by atoms with E-state index in [0.29, 0.717) is 23.4 Å². The lowest BCUT2D eigenvalue weighted by molar-refractivity contribution is -0.384. The van der Waals surface area contributed by atoms with Crippen molar-refractivity contribution in [3.8, 4) is 0 Å². The van der Waals surface area contributed by atoms with E-state index in [9.17, 15) is 10.1 Å². The minimum absolute atomic E-state index is 0.00216. The first-order chi connectivity index (χ1) is 10.1. The molecule has 6 nitrogen and oxygen atoms in total. The van der Waals surface area contributed by atoms with E-state index in [0.717, 1.165) is 17.7 Å². The molecule has 1 aliphatic rings. The average Bonchev–Trinajstić information content (AvgIpc) is 2.47. The summed E-state index contributed by atoms with van der Waals surface area (Å²) in [6, 6.07) is 7.31. The molecule has 0 aliphatic carbocycles. The monoisotopic (exact) mass is 348 g/mol. The second kappa shape index (κ2) is 5.33. The van der Waals surface area contributed by atoms with Crippen LogP contribution in [-0.4, -0.2) is 16.5 Å². The first kappa shape index (κ1) is 13.8. The van der Waals surface area contributed by atoms with Crippen LogP contribution in [0.2, 0.25) is 0 Å². The molecule has 3 rings (SSSR count). The molecule has 21 heavy (non-hydrogen) atoms. The summed E-state index contributed by atoms with van der Waals surface area (Å²) in [4.78, 5) is 16.9. The van der Waals surface area contributed by atoms with Crippen LogP contribution in [0.1, 0.15) is 11.1 Å². The number of anilines is 2. The zero-order chi connectivity index (χ0) is 15.0. The van der Waals surface area contributed by atoms with Gasteiger partial charge < -0.3 is 10.6 Å². The molecule has 0 amide bonds. The lowest BCUT2D eigenvalue weighted by Crippen LogP contribution is -2.32. The lowest BCUT2D eigenvalue weighted by atomic mass is 9.98. The number of aromatic nitrogens is 1. The van der Waals surface area contributed by atoms with E-state index < -0.39 is 4.92 Å². The molecule has 2 aromatic rings. The molecule has 0 unspecified atom stereocenters. The second-order valence-electron chi connectivity index (χ2n) is 4.91. The molecule has 1 aliphatic heterocycles. The molecule has 7 heteroatoms. The number of rotatable bonds is 2. The largest absolute Gasteiger partial charge is 0.398 e. The number of hydrogen-bond acceptors (Lipinski definition) is 5. The SMILES string of the molecule is Nc1cccc2c1CN(c1ncc(Br)cc1[N+](=O)[O-])CC2. The fourth-order valence-electron chi connectivity index (χ4n) is 2.59. The molecular formula is C14H13BrN4O2. The molecule has 2 heterocycles. The molecule has 0 spiro atoms. The van der Waals surface area contributed by atoms with Gasteiger partial charge in [0.1, 0.15) is 0 Å². The fourth-order valence-corrected chi connectivity index (χ4v) is 2.91. The third kappa shape index (κ3) is 2.56. The number of hydrogen-bond donors (Lipinski definition) is 1. The molecule has 0 saturated carbocycles. The van der Waals surface area contributed by atoms with E-state index in [1.54, 1.807) is 6.20 Å². The predicted molar refractivity (Wildman–Crippen MR) is 84.2 cm³/mol. The summed E-state index contributed by atoms with van der Waals surface area (Å²) in [6.07, 6.45) is 2.38. The number of pyridine rings is 1. The van der Waals surface area contributed by atoms with Crippen molar-refractivity contribution in [1.29, 1.82) is 0 Å². The molecule has 0 saturated heterocycles. The highest BCUT2D eigenvalue weighted by molar-refractivity contribution is 9.10. The van der Waals surface area contributed by atoms with Crippen molar-refractivity contribution >= 4 is 33.1 Å². The number of nitrogens with two attached hydrogens (primary N) is 1. The molecular weight excluding hydrogens is 336 g/mol. The molecule has 0 radical (unpaired) electrons. The number of nitro groups is 1. The fraction of sp³-hybridized carbons (Fsp3) is 0.214. The van der Waals surface area contributed by atoms with Crippen molar-refractivity contribution < 1.29 is 4.92 Å². The van der Waals surface area contributed by atoms with Gasteiger partial charge in [-0.15, -0.1) is 0 Å². The minimum atomic E-state index is -0.406. The minimum Gasteiger partial charge on any atom is -0.398 e. The summed E-state index contributed by atoms with van der Waals surface area (Å²) < 4.78 is 0.592. The van der Waals surface area contributed by atoms with Crippen LogP contribution in [0.5, 0.6) is 0 Å². The maximum absolute atomic E-state index is 11.2.